The lowest BCUT2D eigenvalue weighted by Crippen LogP contribution is -2.41. The Morgan fingerprint density at radius 2 is 1.88 bits per heavy atom. The molecule has 1 fully saturated rings. The number of nitrogens with zero attached hydrogens (tertiary/aromatic N) is 3. The summed E-state index contributed by atoms with van der Waals surface area (Å²) in [6.07, 6.45) is 3.53. The summed E-state index contributed by atoms with van der Waals surface area (Å²) < 4.78 is 7.94. The Bertz CT molecular complexity index is 928. The number of hydrogen-bond donors (Lipinski definition) is 0. The van der Waals surface area contributed by atoms with Crippen molar-refractivity contribution in [3.05, 3.63) is 59.4 Å². The molecule has 1 aliphatic heterocycles. The second kappa shape index (κ2) is 7.00. The molecule has 0 N–H and O–H groups in total. The zero-order chi connectivity index (χ0) is 18.1. The number of halogens is 1. The van der Waals surface area contributed by atoms with Gasteiger partial charge in [0.05, 0.1) is 17.4 Å². The molecule has 0 radical (unpaired) electrons. The summed E-state index contributed by atoms with van der Waals surface area (Å²) in [5, 5.41) is 0.697. The fourth-order valence-corrected chi connectivity index (χ4v) is 3.46. The third kappa shape index (κ3) is 3.40. The highest BCUT2D eigenvalue weighted by Gasteiger charge is 2.25. The number of benzene rings is 2. The van der Waals surface area contributed by atoms with Crippen LogP contribution in [0.2, 0.25) is 5.02 Å². The van der Waals surface area contributed by atoms with Crippen molar-refractivity contribution in [2.45, 2.75) is 18.9 Å². The first-order valence-corrected chi connectivity index (χ1v) is 9.10. The number of imidazole rings is 1. The molecular formula is C20H20ClN3O2. The number of carbonyl (C=O) groups excluding carboxylic acids is 1. The van der Waals surface area contributed by atoms with Crippen LogP contribution in [0.4, 0.5) is 0 Å². The summed E-state index contributed by atoms with van der Waals surface area (Å²) in [4.78, 5) is 19.0. The van der Waals surface area contributed by atoms with Gasteiger partial charge in [-0.05, 0) is 42.5 Å². The normalized spacial score (nSPS) is 15.4. The summed E-state index contributed by atoms with van der Waals surface area (Å²) in [7, 11) is 1.95. The number of carbonyl (C=O) groups is 1. The van der Waals surface area contributed by atoms with Crippen molar-refractivity contribution in [1.29, 1.82) is 0 Å². The molecule has 0 aliphatic carbocycles. The van der Waals surface area contributed by atoms with Crippen LogP contribution in [0.3, 0.4) is 0 Å². The minimum atomic E-state index is 0.0579. The minimum Gasteiger partial charge on any atom is -0.490 e. The Morgan fingerprint density at radius 3 is 2.62 bits per heavy atom. The zero-order valence-electron chi connectivity index (χ0n) is 14.6. The molecule has 1 amide bonds. The maximum Gasteiger partial charge on any atom is 0.253 e. The fourth-order valence-electron chi connectivity index (χ4n) is 3.33. The highest BCUT2D eigenvalue weighted by Crippen LogP contribution is 2.22. The maximum absolute atomic E-state index is 12.8. The molecule has 1 aromatic heterocycles. The Balaban J connectivity index is 1.38. The lowest BCUT2D eigenvalue weighted by atomic mass is 10.1. The molecule has 0 bridgehead atoms. The van der Waals surface area contributed by atoms with Crippen LogP contribution in [0.5, 0.6) is 5.75 Å². The molecule has 26 heavy (non-hydrogen) atoms. The van der Waals surface area contributed by atoms with Crippen molar-refractivity contribution in [1.82, 2.24) is 14.5 Å². The van der Waals surface area contributed by atoms with Gasteiger partial charge in [-0.2, -0.15) is 0 Å². The third-order valence-electron chi connectivity index (χ3n) is 4.82. The van der Waals surface area contributed by atoms with Crippen LogP contribution in [0.15, 0.2) is 48.8 Å². The summed E-state index contributed by atoms with van der Waals surface area (Å²) in [6, 6.07) is 13.1. The molecule has 5 nitrogen and oxygen atoms in total. The number of piperidine rings is 1. The number of fused-ring (bicyclic) bond motifs is 1. The predicted octanol–water partition coefficient (Wildman–Crippen LogP) is 3.91. The van der Waals surface area contributed by atoms with Gasteiger partial charge in [-0.3, -0.25) is 4.79 Å². The number of hydrogen-bond acceptors (Lipinski definition) is 3. The van der Waals surface area contributed by atoms with E-state index in [-0.39, 0.29) is 12.0 Å². The van der Waals surface area contributed by atoms with Crippen molar-refractivity contribution >= 4 is 28.5 Å². The first kappa shape index (κ1) is 16.9. The molecule has 3 aromatic rings. The molecule has 0 spiro atoms. The van der Waals surface area contributed by atoms with E-state index >= 15 is 0 Å². The fraction of sp³-hybridized carbons (Fsp3) is 0.300. The number of aromatic nitrogens is 2. The van der Waals surface area contributed by atoms with Gasteiger partial charge in [-0.1, -0.05) is 11.6 Å². The van der Waals surface area contributed by atoms with Gasteiger partial charge in [0.2, 0.25) is 0 Å². The van der Waals surface area contributed by atoms with Gasteiger partial charge in [0.25, 0.3) is 5.91 Å². The number of ether oxygens (including phenoxy) is 1. The van der Waals surface area contributed by atoms with Gasteiger partial charge >= 0.3 is 0 Å². The molecular weight excluding hydrogens is 350 g/mol. The molecule has 0 saturated carbocycles. The second-order valence-electron chi connectivity index (χ2n) is 6.62. The van der Waals surface area contributed by atoms with Crippen molar-refractivity contribution in [3.8, 4) is 5.75 Å². The summed E-state index contributed by atoms with van der Waals surface area (Å²) in [6.45, 7) is 1.38. The molecule has 2 heterocycles. The summed E-state index contributed by atoms with van der Waals surface area (Å²) >= 11 is 5.90. The molecule has 0 atom stereocenters. The van der Waals surface area contributed by atoms with E-state index in [1.54, 1.807) is 6.33 Å². The quantitative estimate of drug-likeness (QED) is 0.703. The van der Waals surface area contributed by atoms with E-state index in [0.29, 0.717) is 23.7 Å². The number of likely N-dealkylation sites (tertiary alicyclic amines) is 1. The highest BCUT2D eigenvalue weighted by molar-refractivity contribution is 6.30. The lowest BCUT2D eigenvalue weighted by molar-refractivity contribution is 0.0595. The first-order chi connectivity index (χ1) is 12.6. The van der Waals surface area contributed by atoms with Crippen LogP contribution in [0.1, 0.15) is 23.2 Å². The maximum atomic E-state index is 12.8. The van der Waals surface area contributed by atoms with E-state index in [2.05, 4.69) is 4.98 Å². The van der Waals surface area contributed by atoms with E-state index in [4.69, 9.17) is 16.3 Å². The van der Waals surface area contributed by atoms with Gasteiger partial charge < -0.3 is 14.2 Å². The Morgan fingerprint density at radius 1 is 1.15 bits per heavy atom. The van der Waals surface area contributed by atoms with Crippen LogP contribution in [0.25, 0.3) is 11.0 Å². The van der Waals surface area contributed by atoms with Gasteiger partial charge in [-0.15, -0.1) is 0 Å². The SMILES string of the molecule is Cn1cnc2cc(C(=O)N3CCC(Oc4ccc(Cl)cc4)CC3)ccc21. The number of amides is 1. The van der Waals surface area contributed by atoms with Gasteiger partial charge in [0, 0.05) is 43.6 Å². The minimum absolute atomic E-state index is 0.0579. The van der Waals surface area contributed by atoms with Gasteiger partial charge in [0.15, 0.2) is 0 Å². The Labute approximate surface area is 157 Å². The van der Waals surface area contributed by atoms with Crippen molar-refractivity contribution in [2.75, 3.05) is 13.1 Å². The smallest absolute Gasteiger partial charge is 0.253 e. The van der Waals surface area contributed by atoms with Crippen LogP contribution >= 0.6 is 11.6 Å². The van der Waals surface area contributed by atoms with Crippen molar-refractivity contribution in [2.24, 2.45) is 7.05 Å². The van der Waals surface area contributed by atoms with Crippen LogP contribution in [0, 0.1) is 0 Å². The average Bonchev–Trinajstić information content (AvgIpc) is 3.04. The van der Waals surface area contributed by atoms with Crippen LogP contribution in [-0.4, -0.2) is 39.6 Å². The average molecular weight is 370 g/mol. The molecule has 1 saturated heterocycles. The number of aryl methyl sites for hydroxylation is 1. The standard InChI is InChI=1S/C20H20ClN3O2/c1-23-13-22-18-12-14(2-7-19(18)23)20(25)24-10-8-17(9-11-24)26-16-5-3-15(21)4-6-16/h2-7,12-13,17H,8-11H2,1H3. The molecule has 134 valence electrons. The topological polar surface area (TPSA) is 47.4 Å². The van der Waals surface area contributed by atoms with Crippen molar-refractivity contribution < 1.29 is 9.53 Å². The monoisotopic (exact) mass is 369 g/mol. The first-order valence-electron chi connectivity index (χ1n) is 8.73. The Hall–Kier alpha value is -2.53. The largest absolute Gasteiger partial charge is 0.490 e. The van der Waals surface area contributed by atoms with E-state index < -0.39 is 0 Å². The van der Waals surface area contributed by atoms with Crippen LogP contribution in [-0.2, 0) is 7.05 Å². The van der Waals surface area contributed by atoms with E-state index in [9.17, 15) is 4.79 Å². The molecule has 6 heteroatoms. The lowest BCUT2D eigenvalue weighted by Gasteiger charge is -2.32. The van der Waals surface area contributed by atoms with Gasteiger partial charge in [-0.25, -0.2) is 4.98 Å². The summed E-state index contributed by atoms with van der Waals surface area (Å²) in [5.74, 6) is 0.877. The third-order valence-corrected chi connectivity index (χ3v) is 5.07. The highest BCUT2D eigenvalue weighted by atomic mass is 35.5. The predicted molar refractivity (Wildman–Crippen MR) is 102 cm³/mol. The molecule has 0 unspecified atom stereocenters. The molecule has 2 aromatic carbocycles. The molecule has 4 rings (SSSR count). The van der Waals surface area contributed by atoms with Gasteiger partial charge in [0.1, 0.15) is 11.9 Å². The number of rotatable bonds is 3. The Kier molecular flexibility index (Phi) is 4.55. The van der Waals surface area contributed by atoms with E-state index in [1.165, 1.54) is 0 Å². The van der Waals surface area contributed by atoms with Crippen molar-refractivity contribution in [3.63, 3.8) is 0 Å². The van der Waals surface area contributed by atoms with E-state index in [0.717, 1.165) is 29.6 Å². The second-order valence-corrected chi connectivity index (χ2v) is 7.06. The van der Waals surface area contributed by atoms with E-state index in [1.807, 2.05) is 59.0 Å². The van der Waals surface area contributed by atoms with Crippen LogP contribution < -0.4 is 4.74 Å². The zero-order valence-corrected chi connectivity index (χ0v) is 15.3. The molecule has 1 aliphatic rings. The summed E-state index contributed by atoms with van der Waals surface area (Å²) in [5.41, 5.74) is 2.56.